The molecule has 0 aromatic carbocycles. The van der Waals surface area contributed by atoms with Gasteiger partial charge in [-0.25, -0.2) is 0 Å². The molecule has 2 heteroatoms. The number of hydrogen-bond acceptors (Lipinski definition) is 2. The Bertz CT molecular complexity index is 331. The van der Waals surface area contributed by atoms with Crippen molar-refractivity contribution in [1.82, 2.24) is 0 Å². The molecule has 1 aliphatic carbocycles. The van der Waals surface area contributed by atoms with Crippen molar-refractivity contribution in [1.29, 1.82) is 0 Å². The van der Waals surface area contributed by atoms with Crippen LogP contribution in [0.15, 0.2) is 11.1 Å². The molecule has 18 heavy (non-hydrogen) atoms. The van der Waals surface area contributed by atoms with Gasteiger partial charge in [0.2, 0.25) is 0 Å². The molecule has 0 unspecified atom stereocenters. The molecule has 0 saturated carbocycles. The van der Waals surface area contributed by atoms with Gasteiger partial charge in [-0.1, -0.05) is 38.8 Å². The SMILES string of the molecule is COCC1(COC)CC(C)(C)C(C)=C(C)C1(C)C. The van der Waals surface area contributed by atoms with E-state index in [9.17, 15) is 0 Å². The van der Waals surface area contributed by atoms with Crippen molar-refractivity contribution in [2.45, 2.75) is 48.0 Å². The summed E-state index contributed by atoms with van der Waals surface area (Å²) >= 11 is 0. The average molecular weight is 254 g/mol. The van der Waals surface area contributed by atoms with E-state index in [-0.39, 0.29) is 16.2 Å². The molecule has 0 N–H and O–H groups in total. The number of rotatable bonds is 4. The molecule has 0 aromatic rings. The maximum absolute atomic E-state index is 5.55. The van der Waals surface area contributed by atoms with Crippen molar-refractivity contribution in [2.75, 3.05) is 27.4 Å². The first-order valence-electron chi connectivity index (χ1n) is 6.81. The fourth-order valence-corrected chi connectivity index (χ4v) is 3.63. The summed E-state index contributed by atoms with van der Waals surface area (Å²) in [7, 11) is 3.59. The Balaban J connectivity index is 3.36. The molecule has 0 aromatic heterocycles. The van der Waals surface area contributed by atoms with Gasteiger partial charge in [0, 0.05) is 19.6 Å². The highest BCUT2D eigenvalue weighted by Gasteiger charge is 2.53. The van der Waals surface area contributed by atoms with Crippen LogP contribution < -0.4 is 0 Å². The van der Waals surface area contributed by atoms with Gasteiger partial charge in [0.05, 0.1) is 13.2 Å². The van der Waals surface area contributed by atoms with Crippen molar-refractivity contribution in [3.63, 3.8) is 0 Å². The third-order valence-electron chi connectivity index (χ3n) is 5.46. The molecule has 0 spiro atoms. The lowest BCUT2D eigenvalue weighted by Gasteiger charge is -2.55. The molecule has 0 aliphatic heterocycles. The van der Waals surface area contributed by atoms with Gasteiger partial charge in [-0.2, -0.15) is 0 Å². The normalized spacial score (nSPS) is 25.3. The summed E-state index contributed by atoms with van der Waals surface area (Å²) < 4.78 is 11.1. The predicted molar refractivity (Wildman–Crippen MR) is 76.7 cm³/mol. The lowest BCUT2D eigenvalue weighted by atomic mass is 9.50. The van der Waals surface area contributed by atoms with Crippen LogP contribution in [0.3, 0.4) is 0 Å². The first kappa shape index (κ1) is 15.7. The average Bonchev–Trinajstić information content (AvgIpc) is 2.25. The molecule has 0 bridgehead atoms. The van der Waals surface area contributed by atoms with Gasteiger partial charge in [-0.3, -0.25) is 0 Å². The van der Waals surface area contributed by atoms with Crippen LogP contribution in [0.4, 0.5) is 0 Å². The Hall–Kier alpha value is -0.340. The summed E-state index contributed by atoms with van der Waals surface area (Å²) in [5.74, 6) is 0. The van der Waals surface area contributed by atoms with Crippen molar-refractivity contribution < 1.29 is 9.47 Å². The molecular formula is C16H30O2. The van der Waals surface area contributed by atoms with Gasteiger partial charge >= 0.3 is 0 Å². The highest BCUT2D eigenvalue weighted by atomic mass is 16.5. The molecule has 1 aliphatic rings. The van der Waals surface area contributed by atoms with Crippen LogP contribution in [-0.4, -0.2) is 27.4 Å². The fraction of sp³-hybridized carbons (Fsp3) is 0.875. The number of methoxy groups -OCH3 is 2. The Morgan fingerprint density at radius 3 is 1.72 bits per heavy atom. The highest BCUT2D eigenvalue weighted by Crippen LogP contribution is 2.58. The summed E-state index contributed by atoms with van der Waals surface area (Å²) in [6.07, 6.45) is 1.11. The maximum atomic E-state index is 5.55. The summed E-state index contributed by atoms with van der Waals surface area (Å²) in [5.41, 5.74) is 3.40. The van der Waals surface area contributed by atoms with Gasteiger partial charge in [0.15, 0.2) is 0 Å². The first-order chi connectivity index (χ1) is 8.14. The van der Waals surface area contributed by atoms with E-state index in [1.807, 2.05) is 0 Å². The predicted octanol–water partition coefficient (Wildman–Crippen LogP) is 4.06. The van der Waals surface area contributed by atoms with Crippen LogP contribution in [0.25, 0.3) is 0 Å². The number of ether oxygens (including phenoxy) is 2. The summed E-state index contributed by atoms with van der Waals surface area (Å²) in [5, 5.41) is 0. The van der Waals surface area contributed by atoms with E-state index in [0.717, 1.165) is 19.6 Å². The van der Waals surface area contributed by atoms with Crippen LogP contribution >= 0.6 is 0 Å². The molecule has 0 saturated heterocycles. The lowest BCUT2D eigenvalue weighted by Crippen LogP contribution is -2.52. The van der Waals surface area contributed by atoms with Crippen molar-refractivity contribution in [3.8, 4) is 0 Å². The van der Waals surface area contributed by atoms with Crippen LogP contribution in [0.2, 0.25) is 0 Å². The maximum Gasteiger partial charge on any atom is 0.0549 e. The standard InChI is InChI=1S/C16H30O2/c1-12-13(2)15(5,6)16(10-17-7,11-18-8)9-14(12,3)4/h9-11H2,1-8H3. The van der Waals surface area contributed by atoms with Crippen LogP contribution in [0, 0.1) is 16.2 Å². The van der Waals surface area contributed by atoms with Gasteiger partial charge in [-0.05, 0) is 31.1 Å². The second-order valence-electron chi connectivity index (χ2n) is 7.08. The summed E-state index contributed by atoms with van der Waals surface area (Å²) in [4.78, 5) is 0. The zero-order chi connectivity index (χ0) is 14.2. The largest absolute Gasteiger partial charge is 0.384 e. The van der Waals surface area contributed by atoms with Gasteiger partial charge in [-0.15, -0.1) is 0 Å². The molecule has 0 radical (unpaired) electrons. The van der Waals surface area contributed by atoms with Gasteiger partial charge < -0.3 is 9.47 Å². The number of allylic oxidation sites excluding steroid dienone is 2. The van der Waals surface area contributed by atoms with Crippen LogP contribution in [-0.2, 0) is 9.47 Å². The highest BCUT2D eigenvalue weighted by molar-refractivity contribution is 5.30. The van der Waals surface area contributed by atoms with E-state index in [1.165, 1.54) is 11.1 Å². The molecule has 106 valence electrons. The Morgan fingerprint density at radius 1 is 0.889 bits per heavy atom. The Labute approximate surface area is 113 Å². The minimum Gasteiger partial charge on any atom is -0.384 e. The smallest absolute Gasteiger partial charge is 0.0549 e. The zero-order valence-corrected chi connectivity index (χ0v) is 13.4. The van der Waals surface area contributed by atoms with Gasteiger partial charge in [0.25, 0.3) is 0 Å². The topological polar surface area (TPSA) is 18.5 Å². The Kier molecular flexibility index (Phi) is 4.34. The van der Waals surface area contributed by atoms with E-state index in [1.54, 1.807) is 14.2 Å². The molecule has 0 heterocycles. The van der Waals surface area contributed by atoms with Crippen LogP contribution in [0.1, 0.15) is 48.0 Å². The van der Waals surface area contributed by atoms with E-state index < -0.39 is 0 Å². The molecule has 0 amide bonds. The third-order valence-corrected chi connectivity index (χ3v) is 5.46. The minimum absolute atomic E-state index is 0.0591. The second-order valence-corrected chi connectivity index (χ2v) is 7.08. The monoisotopic (exact) mass is 254 g/mol. The lowest BCUT2D eigenvalue weighted by molar-refractivity contribution is -0.0833. The van der Waals surface area contributed by atoms with Crippen molar-refractivity contribution in [3.05, 3.63) is 11.1 Å². The van der Waals surface area contributed by atoms with Crippen LogP contribution in [0.5, 0.6) is 0 Å². The third kappa shape index (κ3) is 2.25. The fourth-order valence-electron chi connectivity index (χ4n) is 3.63. The second kappa shape index (κ2) is 4.97. The molecule has 1 rings (SSSR count). The van der Waals surface area contributed by atoms with E-state index >= 15 is 0 Å². The molecule has 0 fully saturated rings. The molecule has 2 nitrogen and oxygen atoms in total. The minimum atomic E-state index is 0.0591. The summed E-state index contributed by atoms with van der Waals surface area (Å²) in [6.45, 7) is 15.4. The Morgan fingerprint density at radius 2 is 1.33 bits per heavy atom. The van der Waals surface area contributed by atoms with Gasteiger partial charge in [0.1, 0.15) is 0 Å². The van der Waals surface area contributed by atoms with Crippen molar-refractivity contribution in [2.24, 2.45) is 16.2 Å². The number of hydrogen-bond donors (Lipinski definition) is 0. The molecule has 0 atom stereocenters. The van der Waals surface area contributed by atoms with E-state index in [0.29, 0.717) is 0 Å². The van der Waals surface area contributed by atoms with Crippen molar-refractivity contribution >= 4 is 0 Å². The molecular weight excluding hydrogens is 224 g/mol. The zero-order valence-electron chi connectivity index (χ0n) is 13.4. The summed E-state index contributed by atoms with van der Waals surface area (Å²) in [6, 6.07) is 0. The van der Waals surface area contributed by atoms with E-state index in [2.05, 4.69) is 41.5 Å². The van der Waals surface area contributed by atoms with E-state index in [4.69, 9.17) is 9.47 Å². The first-order valence-corrected chi connectivity index (χ1v) is 6.81. The quantitative estimate of drug-likeness (QED) is 0.704.